The molecule has 0 bridgehead atoms. The summed E-state index contributed by atoms with van der Waals surface area (Å²) in [5.74, 6) is 2.47. The maximum atomic E-state index is 5.45. The van der Waals surface area contributed by atoms with Crippen LogP contribution in [0.2, 0.25) is 0 Å². The molecule has 0 amide bonds. The average Bonchev–Trinajstić information content (AvgIpc) is 2.30. The molecule has 1 aliphatic rings. The summed E-state index contributed by atoms with van der Waals surface area (Å²) < 4.78 is 5.45. The van der Waals surface area contributed by atoms with E-state index in [-0.39, 0.29) is 0 Å². The van der Waals surface area contributed by atoms with Crippen molar-refractivity contribution in [2.75, 3.05) is 31.0 Å². The maximum Gasteiger partial charge on any atom is 0.0545 e. The Hall–Kier alpha value is -0.470. The van der Waals surface area contributed by atoms with Crippen molar-refractivity contribution in [2.45, 2.75) is 18.2 Å². The normalized spacial score (nSPS) is 22.3. The number of benzene rings is 1. The molecule has 2 rings (SSSR count). The first-order valence-corrected chi connectivity index (χ1v) is 8.03. The Morgan fingerprint density at radius 2 is 1.73 bits per heavy atom. The lowest BCUT2D eigenvalue weighted by Crippen LogP contribution is -2.22. The van der Waals surface area contributed by atoms with Gasteiger partial charge in [0.2, 0.25) is 0 Å². The Labute approximate surface area is 94.2 Å². The van der Waals surface area contributed by atoms with E-state index in [0.29, 0.717) is 0 Å². The predicted octanol–water partition coefficient (Wildman–Crippen LogP) is 3.07. The summed E-state index contributed by atoms with van der Waals surface area (Å²) in [5.41, 5.74) is 1.44. The van der Waals surface area contributed by atoms with E-state index in [0.717, 1.165) is 19.6 Å². The lowest BCUT2D eigenvalue weighted by atomic mass is 10.2. The van der Waals surface area contributed by atoms with Gasteiger partial charge in [-0.05, 0) is 35.3 Å². The largest absolute Gasteiger partial charge is 0.380 e. The van der Waals surface area contributed by atoms with E-state index in [1.807, 2.05) is 0 Å². The second-order valence-corrected chi connectivity index (χ2v) is 8.13. The highest BCUT2D eigenvalue weighted by Gasteiger charge is 2.23. The first kappa shape index (κ1) is 11.0. The third kappa shape index (κ3) is 2.37. The Morgan fingerprint density at radius 1 is 1.13 bits per heavy atom. The van der Waals surface area contributed by atoms with E-state index in [9.17, 15) is 0 Å². The fourth-order valence-electron chi connectivity index (χ4n) is 1.98. The van der Waals surface area contributed by atoms with Gasteiger partial charge in [-0.3, -0.25) is 0 Å². The third-order valence-corrected chi connectivity index (χ3v) is 6.80. The molecule has 0 N–H and O–H groups in total. The number of ether oxygens (including phenoxy) is 1. The van der Waals surface area contributed by atoms with E-state index < -0.39 is 10.0 Å². The molecule has 0 unspecified atom stereocenters. The molecule has 1 saturated heterocycles. The molecule has 0 aliphatic carbocycles. The van der Waals surface area contributed by atoms with Crippen LogP contribution >= 0.6 is 10.0 Å². The average molecular weight is 224 g/mol. The van der Waals surface area contributed by atoms with E-state index in [1.165, 1.54) is 17.1 Å². The SMILES string of the molecule is CCc1ccc(S2(C)CCOCC2)cc1. The van der Waals surface area contributed by atoms with Crippen LogP contribution in [0.1, 0.15) is 12.5 Å². The fourth-order valence-corrected chi connectivity index (χ4v) is 4.42. The van der Waals surface area contributed by atoms with Crippen molar-refractivity contribution in [1.29, 1.82) is 0 Å². The summed E-state index contributed by atoms with van der Waals surface area (Å²) >= 11 is 0. The van der Waals surface area contributed by atoms with Crippen molar-refractivity contribution in [3.8, 4) is 0 Å². The van der Waals surface area contributed by atoms with E-state index in [1.54, 1.807) is 4.90 Å². The summed E-state index contributed by atoms with van der Waals surface area (Å²) in [4.78, 5) is 1.56. The van der Waals surface area contributed by atoms with Crippen LogP contribution in [0.3, 0.4) is 0 Å². The van der Waals surface area contributed by atoms with Gasteiger partial charge in [0.25, 0.3) is 0 Å². The maximum absolute atomic E-state index is 5.45. The zero-order valence-corrected chi connectivity index (χ0v) is 10.5. The molecule has 15 heavy (non-hydrogen) atoms. The number of aryl methyl sites for hydroxylation is 1. The number of hydrogen-bond donors (Lipinski definition) is 0. The van der Waals surface area contributed by atoms with Gasteiger partial charge in [-0.2, -0.15) is 0 Å². The molecule has 0 spiro atoms. The first-order chi connectivity index (χ1) is 7.24. The minimum absolute atomic E-state index is 0.569. The second-order valence-electron chi connectivity index (χ2n) is 4.29. The van der Waals surface area contributed by atoms with Gasteiger partial charge < -0.3 is 4.74 Å². The topological polar surface area (TPSA) is 9.23 Å². The molecule has 1 fully saturated rings. The Morgan fingerprint density at radius 3 is 2.27 bits per heavy atom. The van der Waals surface area contributed by atoms with Gasteiger partial charge in [0, 0.05) is 11.5 Å². The molecule has 84 valence electrons. The van der Waals surface area contributed by atoms with E-state index >= 15 is 0 Å². The van der Waals surface area contributed by atoms with Crippen LogP contribution in [0, 0.1) is 0 Å². The molecule has 0 radical (unpaired) electrons. The van der Waals surface area contributed by atoms with Crippen LogP contribution in [0.4, 0.5) is 0 Å². The lowest BCUT2D eigenvalue weighted by molar-refractivity contribution is 0.159. The minimum Gasteiger partial charge on any atom is -0.380 e. The van der Waals surface area contributed by atoms with Crippen LogP contribution in [-0.4, -0.2) is 31.0 Å². The predicted molar refractivity (Wildman–Crippen MR) is 68.2 cm³/mol. The van der Waals surface area contributed by atoms with Crippen molar-refractivity contribution in [3.63, 3.8) is 0 Å². The smallest absolute Gasteiger partial charge is 0.0545 e. The second kappa shape index (κ2) is 4.58. The van der Waals surface area contributed by atoms with Crippen LogP contribution in [0.5, 0.6) is 0 Å². The first-order valence-electron chi connectivity index (χ1n) is 5.65. The molecule has 0 saturated carbocycles. The quantitative estimate of drug-likeness (QED) is 0.750. The Kier molecular flexibility index (Phi) is 3.37. The van der Waals surface area contributed by atoms with Crippen molar-refractivity contribution in [1.82, 2.24) is 0 Å². The molecular formula is C13H20OS. The Balaban J connectivity index is 2.20. The number of rotatable bonds is 2. The van der Waals surface area contributed by atoms with Crippen LogP contribution in [0.25, 0.3) is 0 Å². The lowest BCUT2D eigenvalue weighted by Gasteiger charge is -2.39. The summed E-state index contributed by atoms with van der Waals surface area (Å²) in [6.07, 6.45) is 3.58. The Bertz CT molecular complexity index is 312. The van der Waals surface area contributed by atoms with Crippen molar-refractivity contribution < 1.29 is 4.74 Å². The summed E-state index contributed by atoms with van der Waals surface area (Å²) in [6.45, 7) is 4.10. The van der Waals surface area contributed by atoms with Gasteiger partial charge >= 0.3 is 0 Å². The van der Waals surface area contributed by atoms with E-state index in [4.69, 9.17) is 4.74 Å². The van der Waals surface area contributed by atoms with Crippen molar-refractivity contribution >= 4 is 10.0 Å². The van der Waals surface area contributed by atoms with E-state index in [2.05, 4.69) is 37.4 Å². The molecule has 2 heteroatoms. The van der Waals surface area contributed by atoms with Gasteiger partial charge in [0.05, 0.1) is 13.2 Å². The van der Waals surface area contributed by atoms with Gasteiger partial charge in [-0.25, -0.2) is 10.0 Å². The van der Waals surface area contributed by atoms with Crippen LogP contribution < -0.4 is 0 Å². The molecular weight excluding hydrogens is 204 g/mol. The molecule has 1 aliphatic heterocycles. The van der Waals surface area contributed by atoms with Crippen LogP contribution in [0.15, 0.2) is 29.2 Å². The molecule has 1 nitrogen and oxygen atoms in total. The summed E-state index contributed by atoms with van der Waals surface area (Å²) in [6, 6.07) is 9.23. The highest BCUT2D eigenvalue weighted by Crippen LogP contribution is 2.53. The van der Waals surface area contributed by atoms with Crippen molar-refractivity contribution in [2.24, 2.45) is 0 Å². The molecule has 0 aromatic heterocycles. The zero-order valence-electron chi connectivity index (χ0n) is 9.66. The van der Waals surface area contributed by atoms with Gasteiger partial charge in [-0.15, -0.1) is 0 Å². The summed E-state index contributed by atoms with van der Waals surface area (Å²) in [5, 5.41) is 0. The van der Waals surface area contributed by atoms with Crippen LogP contribution in [-0.2, 0) is 11.2 Å². The standard InChI is InChI=1S/C13H20OS/c1-3-12-4-6-13(7-5-12)15(2)10-8-14-9-11-15/h4-7H,3,8-11H2,1-2H3. The highest BCUT2D eigenvalue weighted by molar-refractivity contribution is 8.33. The monoisotopic (exact) mass is 224 g/mol. The molecule has 0 atom stereocenters. The fraction of sp³-hybridized carbons (Fsp3) is 0.538. The minimum atomic E-state index is -0.569. The van der Waals surface area contributed by atoms with Gasteiger partial charge in [0.1, 0.15) is 0 Å². The van der Waals surface area contributed by atoms with Crippen molar-refractivity contribution in [3.05, 3.63) is 29.8 Å². The highest BCUT2D eigenvalue weighted by atomic mass is 32.3. The molecule has 1 heterocycles. The third-order valence-electron chi connectivity index (χ3n) is 3.26. The molecule has 1 aromatic carbocycles. The summed E-state index contributed by atoms with van der Waals surface area (Å²) in [7, 11) is -0.569. The van der Waals surface area contributed by atoms with Gasteiger partial charge in [-0.1, -0.05) is 19.1 Å². The zero-order chi connectivity index (χ0) is 10.7. The van der Waals surface area contributed by atoms with Gasteiger partial charge in [0.15, 0.2) is 0 Å². The number of hydrogen-bond acceptors (Lipinski definition) is 1. The molecule has 1 aromatic rings.